The van der Waals surface area contributed by atoms with Gasteiger partial charge in [0, 0.05) is 24.9 Å². The summed E-state index contributed by atoms with van der Waals surface area (Å²) in [4.78, 5) is 25.3. The molecule has 0 bridgehead atoms. The van der Waals surface area contributed by atoms with Crippen LogP contribution in [0.25, 0.3) is 0 Å². The standard InChI is InChI=1S/C19H19F6NO3/c1-10(27)12-4-15-7-16(8-26(15)17(28)5-12)29-9-11-2-13(18(20,21)22)6-14(3-11)19(23,24)25/h2-3,6,12,15-16H,4-5,7-9H2,1H3. The summed E-state index contributed by atoms with van der Waals surface area (Å²) in [5.74, 6) is -0.627. The zero-order valence-electron chi connectivity index (χ0n) is 15.4. The van der Waals surface area contributed by atoms with E-state index in [1.807, 2.05) is 0 Å². The van der Waals surface area contributed by atoms with Crippen LogP contribution in [0.4, 0.5) is 26.3 Å². The van der Waals surface area contributed by atoms with Gasteiger partial charge in [-0.25, -0.2) is 0 Å². The Kier molecular flexibility index (Phi) is 5.68. The molecule has 2 aliphatic heterocycles. The highest BCUT2D eigenvalue weighted by Crippen LogP contribution is 2.37. The van der Waals surface area contributed by atoms with Crippen LogP contribution in [0.15, 0.2) is 18.2 Å². The molecule has 0 N–H and O–H groups in total. The lowest BCUT2D eigenvalue weighted by atomic mass is 9.88. The lowest BCUT2D eigenvalue weighted by molar-refractivity contribution is -0.143. The van der Waals surface area contributed by atoms with Crippen molar-refractivity contribution in [2.75, 3.05) is 6.54 Å². The Morgan fingerprint density at radius 1 is 1.07 bits per heavy atom. The SMILES string of the molecule is CC(=O)C1CC(=O)N2CC(OCc3cc(C(F)(F)F)cc(C(F)(F)F)c3)CC2C1. The number of amides is 1. The van der Waals surface area contributed by atoms with Crippen molar-refractivity contribution < 1.29 is 40.7 Å². The zero-order chi connectivity index (χ0) is 21.6. The molecule has 0 saturated carbocycles. The summed E-state index contributed by atoms with van der Waals surface area (Å²) in [6, 6.07) is 1.13. The first kappa shape index (κ1) is 21.6. The summed E-state index contributed by atoms with van der Waals surface area (Å²) in [6.07, 6.45) is -9.36. The van der Waals surface area contributed by atoms with E-state index in [9.17, 15) is 35.9 Å². The van der Waals surface area contributed by atoms with E-state index in [0.29, 0.717) is 25.0 Å². The van der Waals surface area contributed by atoms with Crippen LogP contribution in [0.5, 0.6) is 0 Å². The van der Waals surface area contributed by atoms with Gasteiger partial charge in [-0.1, -0.05) is 0 Å². The number of hydrogen-bond donors (Lipinski definition) is 0. The van der Waals surface area contributed by atoms with E-state index in [0.717, 1.165) is 0 Å². The van der Waals surface area contributed by atoms with E-state index in [-0.39, 0.29) is 48.2 Å². The number of piperidine rings is 1. The molecule has 0 radical (unpaired) electrons. The molecular formula is C19H19F6NO3. The number of ether oxygens (including phenoxy) is 1. The van der Waals surface area contributed by atoms with Crippen molar-refractivity contribution in [3.8, 4) is 0 Å². The monoisotopic (exact) mass is 423 g/mol. The fraction of sp³-hybridized carbons (Fsp3) is 0.579. The molecule has 0 spiro atoms. The zero-order valence-corrected chi connectivity index (χ0v) is 15.4. The molecule has 160 valence electrons. The normalized spacial score (nSPS) is 25.3. The molecule has 4 nitrogen and oxygen atoms in total. The molecule has 0 aromatic heterocycles. The molecule has 0 aliphatic carbocycles. The van der Waals surface area contributed by atoms with Gasteiger partial charge in [0.1, 0.15) is 5.78 Å². The maximum atomic E-state index is 12.9. The molecule has 1 aromatic rings. The Labute approximate surface area is 162 Å². The maximum absolute atomic E-state index is 12.9. The number of ketones is 1. The lowest BCUT2D eigenvalue weighted by Crippen LogP contribution is -2.44. The van der Waals surface area contributed by atoms with E-state index in [1.165, 1.54) is 6.92 Å². The fourth-order valence-electron chi connectivity index (χ4n) is 3.89. The van der Waals surface area contributed by atoms with Gasteiger partial charge in [-0.3, -0.25) is 9.59 Å². The fourth-order valence-corrected chi connectivity index (χ4v) is 3.89. The molecule has 3 rings (SSSR count). The van der Waals surface area contributed by atoms with Gasteiger partial charge in [0.2, 0.25) is 5.91 Å². The highest BCUT2D eigenvalue weighted by Gasteiger charge is 2.42. The maximum Gasteiger partial charge on any atom is 0.416 e. The van der Waals surface area contributed by atoms with Gasteiger partial charge < -0.3 is 9.64 Å². The van der Waals surface area contributed by atoms with Crippen LogP contribution in [-0.2, 0) is 33.3 Å². The first-order chi connectivity index (χ1) is 13.3. The molecule has 2 saturated heterocycles. The molecule has 1 aromatic carbocycles. The Hall–Kier alpha value is -2.10. The van der Waals surface area contributed by atoms with E-state index in [1.54, 1.807) is 4.90 Å². The van der Waals surface area contributed by atoms with Gasteiger partial charge in [-0.15, -0.1) is 0 Å². The van der Waals surface area contributed by atoms with Crippen molar-refractivity contribution in [1.82, 2.24) is 4.90 Å². The van der Waals surface area contributed by atoms with Gasteiger partial charge in [0.25, 0.3) is 0 Å². The number of alkyl halides is 6. The molecule has 2 fully saturated rings. The average molecular weight is 423 g/mol. The van der Waals surface area contributed by atoms with E-state index in [4.69, 9.17) is 4.74 Å². The predicted molar refractivity (Wildman–Crippen MR) is 88.5 cm³/mol. The van der Waals surface area contributed by atoms with Crippen LogP contribution >= 0.6 is 0 Å². The van der Waals surface area contributed by atoms with Crippen LogP contribution in [-0.4, -0.2) is 35.3 Å². The number of nitrogens with zero attached hydrogens (tertiary/aromatic N) is 1. The smallest absolute Gasteiger partial charge is 0.372 e. The van der Waals surface area contributed by atoms with Crippen LogP contribution in [0.1, 0.15) is 42.9 Å². The number of fused-ring (bicyclic) bond motifs is 1. The predicted octanol–water partition coefficient (Wildman–Crippen LogP) is 4.21. The quantitative estimate of drug-likeness (QED) is 0.682. The number of halogens is 6. The van der Waals surface area contributed by atoms with Crippen LogP contribution in [0.3, 0.4) is 0 Å². The third-order valence-corrected chi connectivity index (χ3v) is 5.38. The summed E-state index contributed by atoms with van der Waals surface area (Å²) in [6.45, 7) is 1.18. The van der Waals surface area contributed by atoms with E-state index < -0.39 is 36.2 Å². The van der Waals surface area contributed by atoms with E-state index >= 15 is 0 Å². The van der Waals surface area contributed by atoms with Crippen molar-refractivity contribution in [3.63, 3.8) is 0 Å². The number of benzene rings is 1. The Morgan fingerprint density at radius 3 is 2.17 bits per heavy atom. The molecule has 2 aliphatic rings. The van der Waals surface area contributed by atoms with E-state index in [2.05, 4.69) is 0 Å². The second kappa shape index (κ2) is 7.62. The number of Topliss-reactive ketones (excluding diaryl/α,β-unsaturated/α-hetero) is 1. The average Bonchev–Trinajstić information content (AvgIpc) is 3.02. The van der Waals surface area contributed by atoms with Crippen molar-refractivity contribution >= 4 is 11.7 Å². The molecular weight excluding hydrogens is 404 g/mol. The molecule has 3 atom stereocenters. The minimum absolute atomic E-state index is 0.0693. The summed E-state index contributed by atoms with van der Waals surface area (Å²) in [7, 11) is 0. The number of hydrogen-bond acceptors (Lipinski definition) is 3. The Bertz CT molecular complexity index is 772. The topological polar surface area (TPSA) is 46.6 Å². The van der Waals surface area contributed by atoms with Crippen LogP contribution in [0.2, 0.25) is 0 Å². The largest absolute Gasteiger partial charge is 0.416 e. The van der Waals surface area contributed by atoms with Gasteiger partial charge in [0.15, 0.2) is 0 Å². The molecule has 3 unspecified atom stereocenters. The molecule has 29 heavy (non-hydrogen) atoms. The van der Waals surface area contributed by atoms with Gasteiger partial charge >= 0.3 is 12.4 Å². The third kappa shape index (κ3) is 4.91. The van der Waals surface area contributed by atoms with Gasteiger partial charge in [-0.05, 0) is 43.5 Å². The van der Waals surface area contributed by atoms with Crippen LogP contribution in [0, 0.1) is 5.92 Å². The van der Waals surface area contributed by atoms with Crippen molar-refractivity contribution in [2.24, 2.45) is 5.92 Å². The van der Waals surface area contributed by atoms with Gasteiger partial charge in [0.05, 0.1) is 23.8 Å². The number of carbonyl (C=O) groups is 2. The first-order valence-electron chi connectivity index (χ1n) is 9.04. The summed E-state index contributed by atoms with van der Waals surface area (Å²) in [5, 5.41) is 0. The second-order valence-corrected chi connectivity index (χ2v) is 7.53. The van der Waals surface area contributed by atoms with Gasteiger partial charge in [-0.2, -0.15) is 26.3 Å². The molecule has 10 heteroatoms. The Balaban J connectivity index is 1.70. The summed E-state index contributed by atoms with van der Waals surface area (Å²) in [5.41, 5.74) is -3.03. The van der Waals surface area contributed by atoms with Crippen molar-refractivity contribution in [2.45, 2.75) is 57.3 Å². The Morgan fingerprint density at radius 2 is 1.66 bits per heavy atom. The first-order valence-corrected chi connectivity index (χ1v) is 9.04. The lowest BCUT2D eigenvalue weighted by Gasteiger charge is -2.33. The second-order valence-electron chi connectivity index (χ2n) is 7.53. The third-order valence-electron chi connectivity index (χ3n) is 5.38. The summed E-state index contributed by atoms with van der Waals surface area (Å²) >= 11 is 0. The van der Waals surface area contributed by atoms with Crippen molar-refractivity contribution in [1.29, 1.82) is 0 Å². The van der Waals surface area contributed by atoms with Crippen LogP contribution < -0.4 is 0 Å². The van der Waals surface area contributed by atoms with Crippen molar-refractivity contribution in [3.05, 3.63) is 34.9 Å². The molecule has 2 heterocycles. The number of carbonyl (C=O) groups excluding carboxylic acids is 2. The minimum atomic E-state index is -4.92. The summed E-state index contributed by atoms with van der Waals surface area (Å²) < 4.78 is 83.2. The number of rotatable bonds is 4. The highest BCUT2D eigenvalue weighted by atomic mass is 19.4. The highest BCUT2D eigenvalue weighted by molar-refractivity contribution is 5.87. The molecule has 1 amide bonds. The minimum Gasteiger partial charge on any atom is -0.372 e.